The van der Waals surface area contributed by atoms with Crippen LogP contribution >= 0.6 is 11.3 Å². The first-order chi connectivity index (χ1) is 19.6. The lowest BCUT2D eigenvalue weighted by Gasteiger charge is -2.22. The minimum atomic E-state index is -0.0825. The minimum absolute atomic E-state index is 0.0825. The molecule has 7 aromatic carbocycles. The van der Waals surface area contributed by atoms with E-state index < -0.39 is 0 Å². The molecule has 9 rings (SSSR count). The summed E-state index contributed by atoms with van der Waals surface area (Å²) < 4.78 is 2.70. The van der Waals surface area contributed by atoms with Gasteiger partial charge in [0.15, 0.2) is 0 Å². The second-order valence-electron chi connectivity index (χ2n) is 11.7. The highest BCUT2D eigenvalue weighted by molar-refractivity contribution is 7.25. The second-order valence-corrected chi connectivity index (χ2v) is 12.8. The van der Waals surface area contributed by atoms with Gasteiger partial charge in [0.2, 0.25) is 0 Å². The summed E-state index contributed by atoms with van der Waals surface area (Å²) in [5.41, 5.74) is 8.13. The molecule has 0 nitrogen and oxygen atoms in total. The highest BCUT2D eigenvalue weighted by Gasteiger charge is 2.37. The molecule has 188 valence electrons. The normalized spacial score (nSPS) is 13.9. The fraction of sp³-hybridized carbons (Fsp3) is 0.0769. The minimum Gasteiger partial charge on any atom is -0.135 e. The Labute approximate surface area is 237 Å². The Hall–Kier alpha value is -4.46. The number of rotatable bonds is 1. The van der Waals surface area contributed by atoms with Crippen molar-refractivity contribution in [3.05, 3.63) is 132 Å². The van der Waals surface area contributed by atoms with Crippen LogP contribution in [0.5, 0.6) is 0 Å². The highest BCUT2D eigenvalue weighted by atomic mass is 32.1. The molecule has 0 aliphatic heterocycles. The average Bonchev–Trinajstić information content (AvgIpc) is 3.48. The third-order valence-corrected chi connectivity index (χ3v) is 10.4. The summed E-state index contributed by atoms with van der Waals surface area (Å²) in [4.78, 5) is 0. The lowest BCUT2D eigenvalue weighted by Crippen LogP contribution is -2.14. The van der Waals surface area contributed by atoms with Gasteiger partial charge in [-0.3, -0.25) is 0 Å². The van der Waals surface area contributed by atoms with Gasteiger partial charge in [0.25, 0.3) is 0 Å². The van der Waals surface area contributed by atoms with Gasteiger partial charge in [-0.2, -0.15) is 0 Å². The molecule has 0 saturated heterocycles. The topological polar surface area (TPSA) is 0 Å². The zero-order valence-electron chi connectivity index (χ0n) is 22.5. The van der Waals surface area contributed by atoms with Crippen molar-refractivity contribution in [2.75, 3.05) is 0 Å². The maximum absolute atomic E-state index is 2.50. The zero-order valence-corrected chi connectivity index (χ0v) is 23.3. The van der Waals surface area contributed by atoms with E-state index >= 15 is 0 Å². The van der Waals surface area contributed by atoms with Crippen molar-refractivity contribution in [3.63, 3.8) is 0 Å². The van der Waals surface area contributed by atoms with Crippen molar-refractivity contribution < 1.29 is 0 Å². The van der Waals surface area contributed by atoms with Crippen molar-refractivity contribution in [1.29, 1.82) is 0 Å². The Bertz CT molecular complexity index is 2350. The van der Waals surface area contributed by atoms with Crippen LogP contribution < -0.4 is 0 Å². The van der Waals surface area contributed by atoms with Crippen LogP contribution in [0.4, 0.5) is 0 Å². The SMILES string of the molecule is CC1(C)c2cc3c4ccccc4c4ccccc4c3cc2-c2c(-c3ccc4sc5ccccc5c4c3)cccc21. The number of thiophene rings is 1. The molecule has 0 radical (unpaired) electrons. The predicted octanol–water partition coefficient (Wildman–Crippen LogP) is 11.5. The number of hydrogen-bond donors (Lipinski definition) is 0. The molecule has 0 unspecified atom stereocenters. The van der Waals surface area contributed by atoms with Crippen LogP contribution in [0.1, 0.15) is 25.0 Å². The van der Waals surface area contributed by atoms with E-state index in [1.165, 1.54) is 85.9 Å². The van der Waals surface area contributed by atoms with Gasteiger partial charge in [-0.15, -0.1) is 11.3 Å². The summed E-state index contributed by atoms with van der Waals surface area (Å²) in [6, 6.07) is 45.5. The van der Waals surface area contributed by atoms with Crippen LogP contribution in [0.3, 0.4) is 0 Å². The van der Waals surface area contributed by atoms with Gasteiger partial charge in [0.1, 0.15) is 0 Å². The maximum Gasteiger partial charge on any atom is 0.0355 e. The Morgan fingerprint density at radius 1 is 0.425 bits per heavy atom. The van der Waals surface area contributed by atoms with E-state index in [0.717, 1.165) is 0 Å². The van der Waals surface area contributed by atoms with Crippen LogP contribution in [0, 0.1) is 0 Å². The summed E-state index contributed by atoms with van der Waals surface area (Å²) in [5.74, 6) is 0. The van der Waals surface area contributed by atoms with Gasteiger partial charge in [-0.1, -0.05) is 105 Å². The lowest BCUT2D eigenvalue weighted by atomic mass is 9.81. The standard InChI is InChI=1S/C39H26S/c1-39(2)34-16-9-15-24(23-18-19-37-32(20-23)29-14-7-8-17-36(29)40-37)38(34)33-21-30-27-12-5-3-10-25(27)26-11-4-6-13-28(26)31(30)22-35(33)39/h3-22H,1-2H3. The van der Waals surface area contributed by atoms with Crippen molar-refractivity contribution in [2.45, 2.75) is 19.3 Å². The number of hydrogen-bond acceptors (Lipinski definition) is 1. The van der Waals surface area contributed by atoms with Gasteiger partial charge in [-0.05, 0) is 96.0 Å². The fourth-order valence-corrected chi connectivity index (χ4v) is 8.40. The average molecular weight is 527 g/mol. The molecule has 8 aromatic rings. The molecule has 0 N–H and O–H groups in total. The second kappa shape index (κ2) is 7.81. The van der Waals surface area contributed by atoms with E-state index in [1.807, 2.05) is 11.3 Å². The molecule has 0 atom stereocenters. The first-order valence-corrected chi connectivity index (χ1v) is 14.8. The summed E-state index contributed by atoms with van der Waals surface area (Å²) >= 11 is 1.88. The molecule has 0 bridgehead atoms. The third-order valence-electron chi connectivity index (χ3n) is 9.25. The third kappa shape index (κ3) is 2.85. The maximum atomic E-state index is 2.50. The number of fused-ring (bicyclic) bond motifs is 12. The molecule has 0 amide bonds. The molecule has 1 heteroatoms. The summed E-state index contributed by atoms with van der Waals surface area (Å²) in [5, 5.41) is 10.7. The number of benzene rings is 7. The molecular weight excluding hydrogens is 500 g/mol. The van der Waals surface area contributed by atoms with Gasteiger partial charge in [0.05, 0.1) is 0 Å². The Kier molecular flexibility index (Phi) is 4.37. The smallest absolute Gasteiger partial charge is 0.0355 e. The summed E-state index contributed by atoms with van der Waals surface area (Å²) in [6.45, 7) is 4.79. The Morgan fingerprint density at radius 2 is 1.02 bits per heavy atom. The van der Waals surface area contributed by atoms with E-state index in [2.05, 4.69) is 135 Å². The Morgan fingerprint density at radius 3 is 1.75 bits per heavy atom. The molecule has 0 spiro atoms. The van der Waals surface area contributed by atoms with Crippen molar-refractivity contribution >= 4 is 63.8 Å². The van der Waals surface area contributed by atoms with Crippen molar-refractivity contribution in [1.82, 2.24) is 0 Å². The molecule has 40 heavy (non-hydrogen) atoms. The Balaban J connectivity index is 1.38. The zero-order chi connectivity index (χ0) is 26.6. The predicted molar refractivity (Wildman–Crippen MR) is 175 cm³/mol. The first-order valence-electron chi connectivity index (χ1n) is 14.0. The van der Waals surface area contributed by atoms with Gasteiger partial charge in [0, 0.05) is 25.6 Å². The van der Waals surface area contributed by atoms with E-state index in [0.29, 0.717) is 0 Å². The molecule has 1 aliphatic rings. The van der Waals surface area contributed by atoms with Crippen LogP contribution in [0.25, 0.3) is 74.7 Å². The molecule has 0 fully saturated rings. The monoisotopic (exact) mass is 526 g/mol. The van der Waals surface area contributed by atoms with Crippen LogP contribution in [0.2, 0.25) is 0 Å². The first kappa shape index (κ1) is 22.4. The van der Waals surface area contributed by atoms with Gasteiger partial charge in [-0.25, -0.2) is 0 Å². The van der Waals surface area contributed by atoms with Gasteiger partial charge >= 0.3 is 0 Å². The van der Waals surface area contributed by atoms with Crippen LogP contribution in [-0.4, -0.2) is 0 Å². The van der Waals surface area contributed by atoms with Crippen molar-refractivity contribution in [3.8, 4) is 22.3 Å². The molecule has 1 heterocycles. The van der Waals surface area contributed by atoms with E-state index in [1.54, 1.807) is 0 Å². The quantitative estimate of drug-likeness (QED) is 0.187. The fourth-order valence-electron chi connectivity index (χ4n) is 7.32. The van der Waals surface area contributed by atoms with E-state index in [9.17, 15) is 0 Å². The van der Waals surface area contributed by atoms with Gasteiger partial charge < -0.3 is 0 Å². The molecular formula is C39H26S. The van der Waals surface area contributed by atoms with Crippen LogP contribution in [-0.2, 0) is 5.41 Å². The van der Waals surface area contributed by atoms with Crippen molar-refractivity contribution in [2.24, 2.45) is 0 Å². The lowest BCUT2D eigenvalue weighted by molar-refractivity contribution is 0.661. The summed E-state index contributed by atoms with van der Waals surface area (Å²) in [7, 11) is 0. The van der Waals surface area contributed by atoms with Crippen LogP contribution in [0.15, 0.2) is 121 Å². The van der Waals surface area contributed by atoms with E-state index in [-0.39, 0.29) is 5.41 Å². The summed E-state index contributed by atoms with van der Waals surface area (Å²) in [6.07, 6.45) is 0. The highest BCUT2D eigenvalue weighted by Crippen LogP contribution is 2.54. The van der Waals surface area contributed by atoms with E-state index in [4.69, 9.17) is 0 Å². The molecule has 1 aromatic heterocycles. The molecule has 1 aliphatic carbocycles. The molecule has 0 saturated carbocycles. The largest absolute Gasteiger partial charge is 0.135 e.